The highest BCUT2D eigenvalue weighted by Crippen LogP contribution is 2.30. The van der Waals surface area contributed by atoms with Gasteiger partial charge < -0.3 is 9.47 Å². The minimum atomic E-state index is -0.882. The molecule has 0 aromatic heterocycles. The second-order valence-electron chi connectivity index (χ2n) is 6.90. The van der Waals surface area contributed by atoms with Gasteiger partial charge in [0.25, 0.3) is 0 Å². The molecule has 1 aromatic carbocycles. The largest absolute Gasteiger partial charge is 0.467 e. The first-order valence-corrected chi connectivity index (χ1v) is 8.43. The van der Waals surface area contributed by atoms with E-state index in [2.05, 4.69) is 4.90 Å². The van der Waals surface area contributed by atoms with Crippen LogP contribution < -0.4 is 9.64 Å². The van der Waals surface area contributed by atoms with E-state index in [0.29, 0.717) is 22.6 Å². The molecule has 3 rings (SSSR count). The van der Waals surface area contributed by atoms with Crippen LogP contribution in [0.2, 0.25) is 0 Å². The molecule has 1 atom stereocenters. The molecule has 2 aliphatic heterocycles. The molecule has 0 aliphatic carbocycles. The molecule has 6 nitrogen and oxygen atoms in total. The molecule has 0 saturated carbocycles. The SMILES string of the molecule is C[NH+]1C(=O)C(C)(C)Oc2cc(C(=O)CCN3CCOCC3)ccc21. The van der Waals surface area contributed by atoms with Crippen LogP contribution in [0.5, 0.6) is 5.75 Å². The summed E-state index contributed by atoms with van der Waals surface area (Å²) in [7, 11) is 1.81. The molecule has 24 heavy (non-hydrogen) atoms. The number of Topliss-reactive ketones (excluding diaryl/α,β-unsaturated/α-hetero) is 1. The van der Waals surface area contributed by atoms with Crippen molar-refractivity contribution in [3.8, 4) is 5.75 Å². The molecular weight excluding hydrogens is 308 g/mol. The number of amides is 1. The number of ketones is 1. The van der Waals surface area contributed by atoms with E-state index in [-0.39, 0.29) is 11.7 Å². The Morgan fingerprint density at radius 2 is 2.00 bits per heavy atom. The van der Waals surface area contributed by atoms with Gasteiger partial charge in [-0.1, -0.05) is 0 Å². The van der Waals surface area contributed by atoms with Gasteiger partial charge in [-0.3, -0.25) is 9.69 Å². The minimum Gasteiger partial charge on any atom is -0.467 e. The molecule has 1 unspecified atom stereocenters. The number of morpholine rings is 1. The van der Waals surface area contributed by atoms with Gasteiger partial charge in [0.1, 0.15) is 0 Å². The summed E-state index contributed by atoms with van der Waals surface area (Å²) in [5, 5.41) is 0. The maximum Gasteiger partial charge on any atom is 0.360 e. The van der Waals surface area contributed by atoms with Gasteiger partial charge in [-0.05, 0) is 26.0 Å². The average Bonchev–Trinajstić information content (AvgIpc) is 2.58. The van der Waals surface area contributed by atoms with Crippen molar-refractivity contribution in [1.82, 2.24) is 4.90 Å². The molecule has 1 aromatic rings. The third-order valence-corrected chi connectivity index (χ3v) is 4.72. The van der Waals surface area contributed by atoms with Crippen LogP contribution in [0.25, 0.3) is 0 Å². The summed E-state index contributed by atoms with van der Waals surface area (Å²) < 4.78 is 11.2. The highest BCUT2D eigenvalue weighted by atomic mass is 16.5. The van der Waals surface area contributed by atoms with Crippen LogP contribution in [0, 0.1) is 0 Å². The highest BCUT2D eigenvalue weighted by molar-refractivity contribution is 5.97. The quantitative estimate of drug-likeness (QED) is 0.810. The predicted octanol–water partition coefficient (Wildman–Crippen LogP) is 0.435. The van der Waals surface area contributed by atoms with Crippen LogP contribution in [-0.2, 0) is 9.53 Å². The van der Waals surface area contributed by atoms with Gasteiger partial charge in [-0.15, -0.1) is 0 Å². The zero-order valence-corrected chi connectivity index (χ0v) is 14.6. The van der Waals surface area contributed by atoms with Crippen molar-refractivity contribution in [2.24, 2.45) is 0 Å². The van der Waals surface area contributed by atoms with E-state index >= 15 is 0 Å². The fourth-order valence-corrected chi connectivity index (χ4v) is 3.21. The number of rotatable bonds is 4. The molecule has 1 saturated heterocycles. The standard InChI is InChI=1S/C18H24N2O4/c1-18(2)17(22)19(3)14-5-4-13(12-16(14)24-18)15(21)6-7-20-8-10-23-11-9-20/h4-5,12H,6-11H2,1-3H3/p+1. The van der Waals surface area contributed by atoms with Gasteiger partial charge in [0.05, 0.1) is 20.3 Å². The zero-order chi connectivity index (χ0) is 17.3. The minimum absolute atomic E-state index is 0.0126. The lowest BCUT2D eigenvalue weighted by atomic mass is 10.0. The molecule has 1 amide bonds. The lowest BCUT2D eigenvalue weighted by molar-refractivity contribution is -0.732. The van der Waals surface area contributed by atoms with Crippen molar-refractivity contribution in [2.75, 3.05) is 39.9 Å². The van der Waals surface area contributed by atoms with Crippen LogP contribution in [0.4, 0.5) is 5.69 Å². The fraction of sp³-hybridized carbons (Fsp3) is 0.556. The van der Waals surface area contributed by atoms with Gasteiger partial charge >= 0.3 is 5.91 Å². The smallest absolute Gasteiger partial charge is 0.360 e. The van der Waals surface area contributed by atoms with Crippen molar-refractivity contribution in [1.29, 1.82) is 0 Å². The number of likely N-dealkylation sites (N-methyl/N-ethyl adjacent to an activating group) is 1. The van der Waals surface area contributed by atoms with Crippen LogP contribution in [0.1, 0.15) is 30.6 Å². The number of benzene rings is 1. The molecule has 1 fully saturated rings. The zero-order valence-electron chi connectivity index (χ0n) is 14.6. The van der Waals surface area contributed by atoms with E-state index in [0.717, 1.165) is 38.5 Å². The first-order valence-electron chi connectivity index (χ1n) is 8.43. The Bertz CT molecular complexity index is 650. The maximum atomic E-state index is 12.5. The monoisotopic (exact) mass is 333 g/mol. The fourth-order valence-electron chi connectivity index (χ4n) is 3.21. The molecule has 130 valence electrons. The Morgan fingerprint density at radius 1 is 1.29 bits per heavy atom. The first kappa shape index (κ1) is 17.1. The third-order valence-electron chi connectivity index (χ3n) is 4.72. The number of carbonyl (C=O) groups is 2. The number of quaternary nitrogens is 1. The average molecular weight is 333 g/mol. The molecule has 0 bridgehead atoms. The topological polar surface area (TPSA) is 60.3 Å². The predicted molar refractivity (Wildman–Crippen MR) is 88.9 cm³/mol. The van der Waals surface area contributed by atoms with E-state index in [4.69, 9.17) is 9.47 Å². The van der Waals surface area contributed by atoms with E-state index < -0.39 is 5.60 Å². The highest BCUT2D eigenvalue weighted by Gasteiger charge is 2.44. The Labute approximate surface area is 142 Å². The summed E-state index contributed by atoms with van der Waals surface area (Å²) in [6, 6.07) is 5.38. The molecular formula is C18H25N2O4+. The van der Waals surface area contributed by atoms with Crippen LogP contribution in [0.3, 0.4) is 0 Å². The van der Waals surface area contributed by atoms with Crippen molar-refractivity contribution < 1.29 is 24.0 Å². The summed E-state index contributed by atoms with van der Waals surface area (Å²) in [5.74, 6) is 0.705. The van der Waals surface area contributed by atoms with E-state index in [9.17, 15) is 9.59 Å². The normalized spacial score (nSPS) is 23.5. The summed E-state index contributed by atoms with van der Waals surface area (Å²) in [5.41, 5.74) is 0.538. The Balaban J connectivity index is 1.71. The lowest BCUT2D eigenvalue weighted by Crippen LogP contribution is -3.10. The second kappa shape index (κ2) is 6.63. The van der Waals surface area contributed by atoms with Gasteiger partial charge in [-0.2, -0.15) is 0 Å². The Morgan fingerprint density at radius 3 is 2.71 bits per heavy atom. The summed E-state index contributed by atoms with van der Waals surface area (Å²) in [6.45, 7) is 7.49. The van der Waals surface area contributed by atoms with Gasteiger partial charge in [0.15, 0.2) is 17.2 Å². The van der Waals surface area contributed by atoms with E-state index in [1.807, 2.05) is 13.1 Å². The van der Waals surface area contributed by atoms with Gasteiger partial charge in [-0.25, -0.2) is 9.69 Å². The van der Waals surface area contributed by atoms with Crippen molar-refractivity contribution in [3.05, 3.63) is 23.8 Å². The Kier molecular flexibility index (Phi) is 4.71. The van der Waals surface area contributed by atoms with Crippen LogP contribution >= 0.6 is 0 Å². The second-order valence-corrected chi connectivity index (χ2v) is 6.90. The van der Waals surface area contributed by atoms with Gasteiger partial charge in [0, 0.05) is 37.7 Å². The molecule has 2 heterocycles. The lowest BCUT2D eigenvalue weighted by Gasteiger charge is -2.32. The van der Waals surface area contributed by atoms with Crippen LogP contribution in [-0.4, -0.2) is 62.1 Å². The van der Waals surface area contributed by atoms with Crippen molar-refractivity contribution in [2.45, 2.75) is 25.9 Å². The number of ether oxygens (including phenoxy) is 2. The van der Waals surface area contributed by atoms with Crippen molar-refractivity contribution in [3.63, 3.8) is 0 Å². The first-order chi connectivity index (χ1) is 11.4. The number of carbonyl (C=O) groups excluding carboxylic acids is 2. The van der Waals surface area contributed by atoms with Crippen molar-refractivity contribution >= 4 is 17.4 Å². The molecule has 2 aliphatic rings. The van der Waals surface area contributed by atoms with Gasteiger partial charge in [0.2, 0.25) is 5.60 Å². The molecule has 6 heteroatoms. The summed E-state index contributed by atoms with van der Waals surface area (Å²) >= 11 is 0. The maximum absolute atomic E-state index is 12.5. The van der Waals surface area contributed by atoms with Crippen LogP contribution in [0.15, 0.2) is 18.2 Å². The number of nitrogens with one attached hydrogen (secondary N) is 1. The number of hydrogen-bond acceptors (Lipinski definition) is 5. The Hall–Kier alpha value is -1.76. The molecule has 1 N–H and O–H groups in total. The van der Waals surface area contributed by atoms with E-state index in [1.165, 1.54) is 0 Å². The molecule has 0 spiro atoms. The number of fused-ring (bicyclic) bond motifs is 1. The summed E-state index contributed by atoms with van der Waals surface area (Å²) in [4.78, 5) is 27.7. The third kappa shape index (κ3) is 3.36. The summed E-state index contributed by atoms with van der Waals surface area (Å²) in [6.07, 6.45) is 0.476. The number of hydrogen-bond donors (Lipinski definition) is 1. The van der Waals surface area contributed by atoms with E-state index in [1.54, 1.807) is 26.0 Å². The number of nitrogens with zero attached hydrogens (tertiary/aromatic N) is 1. The molecule has 0 radical (unpaired) electrons.